The fourth-order valence-electron chi connectivity index (χ4n) is 3.34. The molecule has 4 rings (SSSR count). The highest BCUT2D eigenvalue weighted by atomic mass is 35.5. The van der Waals surface area contributed by atoms with Crippen LogP contribution in [0.2, 0.25) is 5.02 Å². The summed E-state index contributed by atoms with van der Waals surface area (Å²) in [5.41, 5.74) is 2.57. The Kier molecular flexibility index (Phi) is 6.57. The fourth-order valence-corrected chi connectivity index (χ4v) is 3.63. The minimum Gasteiger partial charge on any atom is -0.487 e. The minimum absolute atomic E-state index is 0.111. The standard InChI is InChI=1S/C24H23ClN2O4/c1-16(18-5-4-7-20(14-18)31-15-19-6-2-3-8-26-19)27-23(28)13-17-11-21(25)24-22(12-17)29-9-10-30-24/h2-8,11-12,14,16H,9-10,13,15H2,1H3,(H,27,28). The number of nitrogens with zero attached hydrogens (tertiary/aromatic N) is 1. The van der Waals surface area contributed by atoms with Gasteiger partial charge in [0.2, 0.25) is 5.91 Å². The Morgan fingerprint density at radius 2 is 2.03 bits per heavy atom. The van der Waals surface area contributed by atoms with Crippen LogP contribution >= 0.6 is 11.6 Å². The average molecular weight is 439 g/mol. The van der Waals surface area contributed by atoms with Gasteiger partial charge in [0, 0.05) is 6.20 Å². The van der Waals surface area contributed by atoms with E-state index in [0.29, 0.717) is 36.3 Å². The molecule has 0 saturated heterocycles. The molecular weight excluding hydrogens is 416 g/mol. The number of ether oxygens (including phenoxy) is 3. The van der Waals surface area contributed by atoms with E-state index in [1.54, 1.807) is 18.3 Å². The van der Waals surface area contributed by atoms with Crippen molar-refractivity contribution in [1.29, 1.82) is 0 Å². The predicted molar refractivity (Wildman–Crippen MR) is 118 cm³/mol. The number of hydrogen-bond donors (Lipinski definition) is 1. The lowest BCUT2D eigenvalue weighted by Crippen LogP contribution is -2.28. The molecule has 1 unspecified atom stereocenters. The zero-order valence-corrected chi connectivity index (χ0v) is 17.9. The first kappa shape index (κ1) is 21.0. The fraction of sp³-hybridized carbons (Fsp3) is 0.250. The van der Waals surface area contributed by atoms with E-state index >= 15 is 0 Å². The second-order valence-corrected chi connectivity index (χ2v) is 7.66. The van der Waals surface area contributed by atoms with Gasteiger partial charge in [0.1, 0.15) is 25.6 Å². The third-order valence-electron chi connectivity index (χ3n) is 4.87. The molecule has 0 bridgehead atoms. The van der Waals surface area contributed by atoms with Gasteiger partial charge in [-0.15, -0.1) is 0 Å². The molecule has 0 aliphatic carbocycles. The van der Waals surface area contributed by atoms with Crippen LogP contribution in [0.15, 0.2) is 60.8 Å². The maximum Gasteiger partial charge on any atom is 0.224 e. The van der Waals surface area contributed by atoms with E-state index in [1.165, 1.54) is 0 Å². The molecule has 1 aromatic heterocycles. The number of fused-ring (bicyclic) bond motifs is 1. The molecule has 0 saturated carbocycles. The lowest BCUT2D eigenvalue weighted by atomic mass is 10.1. The lowest BCUT2D eigenvalue weighted by Gasteiger charge is -2.20. The maximum absolute atomic E-state index is 12.6. The zero-order chi connectivity index (χ0) is 21.6. The van der Waals surface area contributed by atoms with Crippen LogP contribution in [-0.4, -0.2) is 24.1 Å². The first-order chi connectivity index (χ1) is 15.1. The van der Waals surface area contributed by atoms with Crippen LogP contribution in [0, 0.1) is 0 Å². The number of benzene rings is 2. The predicted octanol–water partition coefficient (Wildman–Crippen LogP) is 4.51. The molecule has 160 valence electrons. The largest absolute Gasteiger partial charge is 0.487 e. The lowest BCUT2D eigenvalue weighted by molar-refractivity contribution is -0.121. The number of pyridine rings is 1. The summed E-state index contributed by atoms with van der Waals surface area (Å²) in [6.45, 7) is 3.26. The average Bonchev–Trinajstić information content (AvgIpc) is 2.78. The van der Waals surface area contributed by atoms with Gasteiger partial charge in [0.15, 0.2) is 11.5 Å². The van der Waals surface area contributed by atoms with E-state index in [0.717, 1.165) is 22.6 Å². The highest BCUT2D eigenvalue weighted by Gasteiger charge is 2.18. The molecule has 1 amide bonds. The van der Waals surface area contributed by atoms with E-state index in [4.69, 9.17) is 25.8 Å². The van der Waals surface area contributed by atoms with Crippen LogP contribution in [0.4, 0.5) is 0 Å². The summed E-state index contributed by atoms with van der Waals surface area (Å²) >= 11 is 6.27. The summed E-state index contributed by atoms with van der Waals surface area (Å²) in [4.78, 5) is 16.9. The SMILES string of the molecule is CC(NC(=O)Cc1cc(Cl)c2c(c1)OCCO2)c1cccc(OCc2ccccn2)c1. The van der Waals surface area contributed by atoms with Gasteiger partial charge in [0.25, 0.3) is 0 Å². The molecule has 1 aliphatic heterocycles. The Morgan fingerprint density at radius 3 is 2.87 bits per heavy atom. The van der Waals surface area contributed by atoms with Gasteiger partial charge < -0.3 is 19.5 Å². The summed E-state index contributed by atoms with van der Waals surface area (Å²) in [6.07, 6.45) is 1.93. The van der Waals surface area contributed by atoms with Gasteiger partial charge in [0.05, 0.1) is 23.2 Å². The van der Waals surface area contributed by atoms with E-state index in [9.17, 15) is 4.79 Å². The molecule has 1 atom stereocenters. The molecule has 0 fully saturated rings. The summed E-state index contributed by atoms with van der Waals surface area (Å²) in [5.74, 6) is 1.73. The molecule has 31 heavy (non-hydrogen) atoms. The Hall–Kier alpha value is -3.25. The number of carbonyl (C=O) groups is 1. The third kappa shape index (κ3) is 5.47. The Bertz CT molecular complexity index is 1060. The van der Waals surface area contributed by atoms with Crippen molar-refractivity contribution in [1.82, 2.24) is 10.3 Å². The first-order valence-electron chi connectivity index (χ1n) is 10.1. The van der Waals surface area contributed by atoms with E-state index in [1.807, 2.05) is 49.4 Å². The molecule has 0 spiro atoms. The summed E-state index contributed by atoms with van der Waals surface area (Å²) in [7, 11) is 0. The van der Waals surface area contributed by atoms with Crippen LogP contribution in [0.5, 0.6) is 17.2 Å². The van der Waals surface area contributed by atoms with Crippen LogP contribution in [0.25, 0.3) is 0 Å². The van der Waals surface area contributed by atoms with Crippen LogP contribution < -0.4 is 19.5 Å². The van der Waals surface area contributed by atoms with Crippen LogP contribution in [0.3, 0.4) is 0 Å². The van der Waals surface area contributed by atoms with Crippen molar-refractivity contribution in [2.24, 2.45) is 0 Å². The van der Waals surface area contributed by atoms with Crippen LogP contribution in [0.1, 0.15) is 29.8 Å². The van der Waals surface area contributed by atoms with Crippen molar-refractivity contribution >= 4 is 17.5 Å². The first-order valence-corrected chi connectivity index (χ1v) is 10.5. The molecule has 7 heteroatoms. The Balaban J connectivity index is 1.36. The van der Waals surface area contributed by atoms with E-state index < -0.39 is 0 Å². The van der Waals surface area contributed by atoms with Crippen molar-refractivity contribution in [2.45, 2.75) is 26.0 Å². The normalized spacial score (nSPS) is 13.4. The van der Waals surface area contributed by atoms with E-state index in [-0.39, 0.29) is 18.4 Å². The number of aromatic nitrogens is 1. The van der Waals surface area contributed by atoms with Crippen molar-refractivity contribution in [3.63, 3.8) is 0 Å². The monoisotopic (exact) mass is 438 g/mol. The highest BCUT2D eigenvalue weighted by Crippen LogP contribution is 2.38. The van der Waals surface area contributed by atoms with Gasteiger partial charge in [-0.2, -0.15) is 0 Å². The molecule has 1 N–H and O–H groups in total. The van der Waals surface area contributed by atoms with Gasteiger partial charge >= 0.3 is 0 Å². The van der Waals surface area contributed by atoms with Crippen molar-refractivity contribution in [3.8, 4) is 17.2 Å². The number of hydrogen-bond acceptors (Lipinski definition) is 5. The zero-order valence-electron chi connectivity index (χ0n) is 17.1. The smallest absolute Gasteiger partial charge is 0.224 e. The number of halogens is 1. The third-order valence-corrected chi connectivity index (χ3v) is 5.15. The molecule has 2 aromatic carbocycles. The van der Waals surface area contributed by atoms with Crippen LogP contribution in [-0.2, 0) is 17.8 Å². The molecule has 1 aliphatic rings. The summed E-state index contributed by atoms with van der Waals surface area (Å²) < 4.78 is 16.9. The second-order valence-electron chi connectivity index (χ2n) is 7.25. The molecular formula is C24H23ClN2O4. The Morgan fingerprint density at radius 1 is 1.16 bits per heavy atom. The number of nitrogens with one attached hydrogen (secondary N) is 1. The van der Waals surface area contributed by atoms with Crippen molar-refractivity contribution in [2.75, 3.05) is 13.2 Å². The van der Waals surface area contributed by atoms with Gasteiger partial charge in [-0.05, 0) is 54.4 Å². The van der Waals surface area contributed by atoms with Gasteiger partial charge in [-0.3, -0.25) is 9.78 Å². The number of rotatable bonds is 7. The second kappa shape index (κ2) is 9.71. The Labute approximate surface area is 186 Å². The molecule has 2 heterocycles. The minimum atomic E-state index is -0.182. The maximum atomic E-state index is 12.6. The van der Waals surface area contributed by atoms with Gasteiger partial charge in [-0.25, -0.2) is 0 Å². The summed E-state index contributed by atoms with van der Waals surface area (Å²) in [5, 5.41) is 3.47. The number of amides is 1. The molecule has 6 nitrogen and oxygen atoms in total. The van der Waals surface area contributed by atoms with Crippen molar-refractivity contribution in [3.05, 3.63) is 82.6 Å². The van der Waals surface area contributed by atoms with Crippen molar-refractivity contribution < 1.29 is 19.0 Å². The topological polar surface area (TPSA) is 69.7 Å². The molecule has 0 radical (unpaired) electrons. The highest BCUT2D eigenvalue weighted by molar-refractivity contribution is 6.32. The van der Waals surface area contributed by atoms with Gasteiger partial charge in [-0.1, -0.05) is 29.8 Å². The summed E-state index contributed by atoms with van der Waals surface area (Å²) in [6, 6.07) is 16.7. The molecule has 3 aromatic rings. The quantitative estimate of drug-likeness (QED) is 0.588. The van der Waals surface area contributed by atoms with E-state index in [2.05, 4.69) is 10.3 Å². The number of carbonyl (C=O) groups excluding carboxylic acids is 1.